The van der Waals surface area contributed by atoms with Gasteiger partial charge in [-0.25, -0.2) is 4.99 Å². The van der Waals surface area contributed by atoms with Crippen LogP contribution in [-0.4, -0.2) is 62.1 Å². The Bertz CT molecular complexity index is 556. The number of halogens is 1. The molecule has 1 saturated heterocycles. The van der Waals surface area contributed by atoms with Gasteiger partial charge in [0.1, 0.15) is 0 Å². The van der Waals surface area contributed by atoms with Crippen LogP contribution in [-0.2, 0) is 13.1 Å². The van der Waals surface area contributed by atoms with E-state index in [9.17, 15) is 0 Å². The van der Waals surface area contributed by atoms with Gasteiger partial charge in [0.25, 0.3) is 0 Å². The molecule has 0 bridgehead atoms. The van der Waals surface area contributed by atoms with E-state index in [1.807, 2.05) is 6.92 Å². The van der Waals surface area contributed by atoms with Crippen molar-refractivity contribution in [2.45, 2.75) is 20.0 Å². The summed E-state index contributed by atoms with van der Waals surface area (Å²) in [6.07, 6.45) is 5.28. The Balaban J connectivity index is 0.00000312. The molecule has 1 fully saturated rings. The third-order valence-corrected chi connectivity index (χ3v) is 4.15. The average molecular weight is 455 g/mol. The van der Waals surface area contributed by atoms with Crippen LogP contribution >= 0.6 is 24.0 Å². The molecule has 6 heteroatoms. The van der Waals surface area contributed by atoms with Crippen LogP contribution in [0.5, 0.6) is 0 Å². The lowest BCUT2D eigenvalue weighted by Gasteiger charge is -2.32. The van der Waals surface area contributed by atoms with Crippen molar-refractivity contribution in [3.8, 4) is 12.3 Å². The van der Waals surface area contributed by atoms with Gasteiger partial charge < -0.3 is 15.5 Å². The van der Waals surface area contributed by atoms with Gasteiger partial charge in [-0.1, -0.05) is 30.2 Å². The number of nitrogens with zero attached hydrogens (tertiary/aromatic N) is 3. The van der Waals surface area contributed by atoms with Gasteiger partial charge in [-0.15, -0.1) is 30.4 Å². The van der Waals surface area contributed by atoms with Crippen molar-refractivity contribution >= 4 is 29.9 Å². The third-order valence-electron chi connectivity index (χ3n) is 4.15. The largest absolute Gasteiger partial charge is 0.357 e. The number of rotatable bonds is 6. The molecule has 0 saturated carbocycles. The fourth-order valence-electron chi connectivity index (χ4n) is 2.66. The molecule has 1 aliphatic heterocycles. The highest BCUT2D eigenvalue weighted by molar-refractivity contribution is 14.0. The van der Waals surface area contributed by atoms with Crippen molar-refractivity contribution in [2.24, 2.45) is 4.99 Å². The monoisotopic (exact) mass is 455 g/mol. The van der Waals surface area contributed by atoms with E-state index in [0.29, 0.717) is 13.1 Å². The maximum absolute atomic E-state index is 5.28. The van der Waals surface area contributed by atoms with Crippen LogP contribution in [0, 0.1) is 12.3 Å². The van der Waals surface area contributed by atoms with E-state index in [2.05, 4.69) is 62.7 Å². The predicted molar refractivity (Wildman–Crippen MR) is 116 cm³/mol. The first kappa shape index (κ1) is 21.7. The van der Waals surface area contributed by atoms with E-state index < -0.39 is 0 Å². The number of hydrogen-bond donors (Lipinski definition) is 2. The van der Waals surface area contributed by atoms with Gasteiger partial charge in [0.15, 0.2) is 5.96 Å². The number of nitrogens with one attached hydrogen (secondary N) is 2. The van der Waals surface area contributed by atoms with Crippen LogP contribution in [0.15, 0.2) is 29.3 Å². The van der Waals surface area contributed by atoms with Crippen LogP contribution in [0.25, 0.3) is 0 Å². The molecule has 0 unspecified atom stereocenters. The summed E-state index contributed by atoms with van der Waals surface area (Å²) in [5.41, 5.74) is 2.57. The molecule has 0 aromatic heterocycles. The number of terminal acetylenes is 1. The minimum absolute atomic E-state index is 0. The molecule has 0 radical (unpaired) electrons. The fraction of sp³-hybridized carbons (Fsp3) is 0.526. The topological polar surface area (TPSA) is 42.9 Å². The summed E-state index contributed by atoms with van der Waals surface area (Å²) in [5.74, 6) is 3.33. The maximum atomic E-state index is 5.28. The highest BCUT2D eigenvalue weighted by atomic mass is 127. The molecule has 25 heavy (non-hydrogen) atoms. The SMILES string of the molecule is C#CCNC(=NCc1ccc(CN2CCN(C)CC2)cc1)NCC.I. The second kappa shape index (κ2) is 12.1. The van der Waals surface area contributed by atoms with Crippen molar-refractivity contribution < 1.29 is 0 Å². The first-order chi connectivity index (χ1) is 11.7. The molecular weight excluding hydrogens is 425 g/mol. The smallest absolute Gasteiger partial charge is 0.192 e. The number of benzene rings is 1. The van der Waals surface area contributed by atoms with Gasteiger partial charge in [0, 0.05) is 39.3 Å². The van der Waals surface area contributed by atoms with Crippen molar-refractivity contribution in [1.29, 1.82) is 0 Å². The Morgan fingerprint density at radius 1 is 1.12 bits per heavy atom. The van der Waals surface area contributed by atoms with Crippen molar-refractivity contribution in [1.82, 2.24) is 20.4 Å². The second-order valence-corrected chi connectivity index (χ2v) is 6.15. The Morgan fingerprint density at radius 3 is 2.36 bits per heavy atom. The maximum Gasteiger partial charge on any atom is 0.192 e. The van der Waals surface area contributed by atoms with Crippen LogP contribution in [0.3, 0.4) is 0 Å². The lowest BCUT2D eigenvalue weighted by molar-refractivity contribution is 0.148. The third kappa shape index (κ3) is 8.08. The lowest BCUT2D eigenvalue weighted by Crippen LogP contribution is -2.43. The summed E-state index contributed by atoms with van der Waals surface area (Å²) >= 11 is 0. The van der Waals surface area contributed by atoms with Gasteiger partial charge in [0.05, 0.1) is 13.1 Å². The number of aliphatic imine (C=N–C) groups is 1. The molecule has 2 rings (SSSR count). The Kier molecular flexibility index (Phi) is 10.5. The minimum Gasteiger partial charge on any atom is -0.357 e. The summed E-state index contributed by atoms with van der Waals surface area (Å²) in [6.45, 7) is 9.63. The quantitative estimate of drug-likeness (QED) is 0.297. The molecule has 1 aromatic carbocycles. The summed E-state index contributed by atoms with van der Waals surface area (Å²) in [5, 5.41) is 6.29. The zero-order chi connectivity index (χ0) is 17.2. The summed E-state index contributed by atoms with van der Waals surface area (Å²) in [4.78, 5) is 9.45. The molecular formula is C19H30IN5. The zero-order valence-electron chi connectivity index (χ0n) is 15.3. The first-order valence-electron chi connectivity index (χ1n) is 8.65. The van der Waals surface area contributed by atoms with Crippen LogP contribution in [0.1, 0.15) is 18.1 Å². The second-order valence-electron chi connectivity index (χ2n) is 6.15. The van der Waals surface area contributed by atoms with Gasteiger partial charge in [-0.05, 0) is 25.1 Å². The molecule has 2 N–H and O–H groups in total. The van der Waals surface area contributed by atoms with Crippen LogP contribution in [0.2, 0.25) is 0 Å². The highest BCUT2D eigenvalue weighted by Gasteiger charge is 2.13. The Morgan fingerprint density at radius 2 is 1.76 bits per heavy atom. The highest BCUT2D eigenvalue weighted by Crippen LogP contribution is 2.10. The van der Waals surface area contributed by atoms with Gasteiger partial charge in [0.2, 0.25) is 0 Å². The van der Waals surface area contributed by atoms with Gasteiger partial charge in [-0.3, -0.25) is 4.90 Å². The molecule has 1 aliphatic rings. The van der Waals surface area contributed by atoms with Crippen molar-refractivity contribution in [2.75, 3.05) is 46.3 Å². The van der Waals surface area contributed by atoms with E-state index in [0.717, 1.165) is 45.2 Å². The van der Waals surface area contributed by atoms with Crippen molar-refractivity contribution in [3.05, 3.63) is 35.4 Å². The van der Waals surface area contributed by atoms with E-state index >= 15 is 0 Å². The molecule has 0 spiro atoms. The number of hydrogen-bond acceptors (Lipinski definition) is 3. The molecule has 0 atom stereocenters. The first-order valence-corrected chi connectivity index (χ1v) is 8.65. The fourth-order valence-corrected chi connectivity index (χ4v) is 2.66. The van der Waals surface area contributed by atoms with Gasteiger partial charge in [-0.2, -0.15) is 0 Å². The van der Waals surface area contributed by atoms with E-state index in [1.54, 1.807) is 0 Å². The van der Waals surface area contributed by atoms with Gasteiger partial charge >= 0.3 is 0 Å². The number of likely N-dealkylation sites (N-methyl/N-ethyl adjacent to an activating group) is 1. The lowest BCUT2D eigenvalue weighted by atomic mass is 10.1. The molecule has 1 heterocycles. The van der Waals surface area contributed by atoms with Crippen LogP contribution in [0.4, 0.5) is 0 Å². The summed E-state index contributed by atoms with van der Waals surface area (Å²) in [6, 6.07) is 8.76. The molecule has 1 aromatic rings. The Labute approximate surface area is 169 Å². The minimum atomic E-state index is 0. The van der Waals surface area contributed by atoms with Crippen molar-refractivity contribution in [3.63, 3.8) is 0 Å². The van der Waals surface area contributed by atoms with Crippen LogP contribution < -0.4 is 10.6 Å². The summed E-state index contributed by atoms with van der Waals surface area (Å²) in [7, 11) is 2.19. The normalized spacial score (nSPS) is 16.0. The average Bonchev–Trinajstić information content (AvgIpc) is 2.60. The Hall–Kier alpha value is -1.30. The molecule has 138 valence electrons. The number of piperazine rings is 1. The standard InChI is InChI=1S/C19H29N5.HI/c1-4-10-21-19(20-5-2)22-15-17-6-8-18(9-7-17)16-24-13-11-23(3)12-14-24;/h1,6-9H,5,10-16H2,2-3H3,(H2,20,21,22);1H. The van der Waals surface area contributed by atoms with E-state index in [-0.39, 0.29) is 24.0 Å². The number of guanidine groups is 1. The van der Waals surface area contributed by atoms with E-state index in [4.69, 9.17) is 6.42 Å². The summed E-state index contributed by atoms with van der Waals surface area (Å²) < 4.78 is 0. The molecule has 5 nitrogen and oxygen atoms in total. The zero-order valence-corrected chi connectivity index (χ0v) is 17.6. The molecule has 0 amide bonds. The molecule has 0 aliphatic carbocycles. The van der Waals surface area contributed by atoms with E-state index in [1.165, 1.54) is 11.1 Å². The predicted octanol–water partition coefficient (Wildman–Crippen LogP) is 1.74.